The minimum atomic E-state index is -0.802. The van der Waals surface area contributed by atoms with E-state index in [0.29, 0.717) is 24.3 Å². The van der Waals surface area contributed by atoms with Crippen molar-refractivity contribution in [1.82, 2.24) is 4.90 Å². The fourth-order valence-corrected chi connectivity index (χ4v) is 3.02. The number of carbonyl (C=O) groups is 3. The highest BCUT2D eigenvalue weighted by Crippen LogP contribution is 2.23. The van der Waals surface area contributed by atoms with E-state index in [0.717, 1.165) is 12.8 Å². The van der Waals surface area contributed by atoms with E-state index in [2.05, 4.69) is 0 Å². The van der Waals surface area contributed by atoms with Crippen LogP contribution < -0.4 is 5.73 Å². The number of esters is 1. The van der Waals surface area contributed by atoms with Crippen molar-refractivity contribution in [3.63, 3.8) is 0 Å². The molecule has 7 nitrogen and oxygen atoms in total. The van der Waals surface area contributed by atoms with Gasteiger partial charge in [0.25, 0.3) is 5.91 Å². The highest BCUT2D eigenvalue weighted by Gasteiger charge is 2.31. The number of ether oxygens (including phenoxy) is 1. The van der Waals surface area contributed by atoms with E-state index in [1.807, 2.05) is 0 Å². The van der Waals surface area contributed by atoms with Gasteiger partial charge in [-0.25, -0.2) is 9.18 Å². The fraction of sp³-hybridized carbons (Fsp3) is 0.316. The van der Waals surface area contributed by atoms with Gasteiger partial charge in [-0.1, -0.05) is 0 Å². The van der Waals surface area contributed by atoms with Crippen LogP contribution in [0.15, 0.2) is 40.8 Å². The normalized spacial score (nSPS) is 16.8. The van der Waals surface area contributed by atoms with Crippen LogP contribution in [0.25, 0.3) is 11.3 Å². The first-order chi connectivity index (χ1) is 13.0. The highest BCUT2D eigenvalue weighted by molar-refractivity contribution is 5.91. The van der Waals surface area contributed by atoms with E-state index in [9.17, 15) is 18.8 Å². The molecule has 2 N–H and O–H groups in total. The van der Waals surface area contributed by atoms with Crippen molar-refractivity contribution < 1.29 is 27.9 Å². The van der Waals surface area contributed by atoms with Crippen LogP contribution in [0.2, 0.25) is 0 Å². The first-order valence-corrected chi connectivity index (χ1v) is 8.57. The monoisotopic (exact) mass is 374 g/mol. The maximum Gasteiger partial charge on any atom is 0.374 e. The fourth-order valence-electron chi connectivity index (χ4n) is 3.02. The third kappa shape index (κ3) is 4.33. The maximum atomic E-state index is 13.0. The standard InChI is InChI=1S/C19H19FN2O5/c20-13-6-4-12(5-7-13)15-8-9-16(27-15)19(25)26-11-17(23)22-10-2-1-3-14(22)18(21)24/h4-9,14H,1-3,10-11H2,(H2,21,24)/t14-/m1/s1. The minimum absolute atomic E-state index is 0.0766. The number of carbonyl (C=O) groups excluding carboxylic acids is 3. The van der Waals surface area contributed by atoms with Gasteiger partial charge in [-0.15, -0.1) is 0 Å². The quantitative estimate of drug-likeness (QED) is 0.808. The maximum absolute atomic E-state index is 13.0. The summed E-state index contributed by atoms with van der Waals surface area (Å²) in [6, 6.07) is 7.90. The number of nitrogens with zero attached hydrogens (tertiary/aromatic N) is 1. The van der Waals surface area contributed by atoms with Gasteiger partial charge in [0.05, 0.1) is 0 Å². The summed E-state index contributed by atoms with van der Waals surface area (Å²) in [7, 11) is 0. The number of rotatable bonds is 5. The van der Waals surface area contributed by atoms with Crippen molar-refractivity contribution in [1.29, 1.82) is 0 Å². The van der Waals surface area contributed by atoms with Crippen LogP contribution in [0.4, 0.5) is 4.39 Å². The summed E-state index contributed by atoms with van der Waals surface area (Å²) < 4.78 is 23.4. The Morgan fingerprint density at radius 2 is 1.89 bits per heavy atom. The van der Waals surface area contributed by atoms with Gasteiger partial charge in [-0.05, 0) is 55.7 Å². The van der Waals surface area contributed by atoms with Crippen LogP contribution >= 0.6 is 0 Å². The summed E-state index contributed by atoms with van der Waals surface area (Å²) in [6.07, 6.45) is 2.09. The second kappa shape index (κ2) is 8.03. The molecule has 1 aliphatic rings. The zero-order valence-corrected chi connectivity index (χ0v) is 14.5. The molecule has 0 aliphatic carbocycles. The first-order valence-electron chi connectivity index (χ1n) is 8.57. The van der Waals surface area contributed by atoms with E-state index in [1.165, 1.54) is 35.2 Å². The number of nitrogens with two attached hydrogens (primary N) is 1. The summed E-state index contributed by atoms with van der Waals surface area (Å²) in [6.45, 7) is -0.103. The molecular weight excluding hydrogens is 355 g/mol. The van der Waals surface area contributed by atoms with E-state index in [1.54, 1.807) is 6.07 Å². The lowest BCUT2D eigenvalue weighted by atomic mass is 10.0. The summed E-state index contributed by atoms with van der Waals surface area (Å²) >= 11 is 0. The molecular formula is C19H19FN2O5. The average Bonchev–Trinajstić information content (AvgIpc) is 3.16. The number of amides is 2. The third-order valence-electron chi connectivity index (χ3n) is 4.41. The lowest BCUT2D eigenvalue weighted by Crippen LogP contribution is -2.51. The Morgan fingerprint density at radius 1 is 1.15 bits per heavy atom. The molecule has 1 atom stereocenters. The highest BCUT2D eigenvalue weighted by atomic mass is 19.1. The molecule has 0 saturated carbocycles. The Morgan fingerprint density at radius 3 is 2.59 bits per heavy atom. The van der Waals surface area contributed by atoms with Gasteiger partial charge in [-0.2, -0.15) is 0 Å². The number of piperidine rings is 1. The van der Waals surface area contributed by atoms with Gasteiger partial charge in [0, 0.05) is 12.1 Å². The van der Waals surface area contributed by atoms with Crippen LogP contribution in [0.3, 0.4) is 0 Å². The van der Waals surface area contributed by atoms with Crippen molar-refractivity contribution in [2.45, 2.75) is 25.3 Å². The Balaban J connectivity index is 1.60. The zero-order valence-electron chi connectivity index (χ0n) is 14.5. The third-order valence-corrected chi connectivity index (χ3v) is 4.41. The molecule has 0 spiro atoms. The molecule has 2 heterocycles. The van der Waals surface area contributed by atoms with Crippen LogP contribution in [-0.2, 0) is 14.3 Å². The number of halogens is 1. The van der Waals surface area contributed by atoms with Gasteiger partial charge in [0.1, 0.15) is 17.6 Å². The number of hydrogen-bond acceptors (Lipinski definition) is 5. The Bertz CT molecular complexity index is 846. The molecule has 2 aromatic rings. The van der Waals surface area contributed by atoms with Gasteiger partial charge < -0.3 is 19.8 Å². The van der Waals surface area contributed by atoms with Crippen molar-refractivity contribution in [2.24, 2.45) is 5.73 Å². The minimum Gasteiger partial charge on any atom is -0.450 e. The molecule has 1 aromatic carbocycles. The number of furan rings is 1. The van der Waals surface area contributed by atoms with Crippen molar-refractivity contribution in [3.8, 4) is 11.3 Å². The van der Waals surface area contributed by atoms with Crippen LogP contribution in [0, 0.1) is 5.82 Å². The van der Waals surface area contributed by atoms with Crippen LogP contribution in [0.5, 0.6) is 0 Å². The predicted molar refractivity (Wildman–Crippen MR) is 92.9 cm³/mol. The molecule has 0 unspecified atom stereocenters. The number of primary amides is 1. The van der Waals surface area contributed by atoms with Crippen LogP contribution in [0.1, 0.15) is 29.8 Å². The molecule has 1 aliphatic heterocycles. The molecule has 2 amide bonds. The lowest BCUT2D eigenvalue weighted by molar-refractivity contribution is -0.143. The number of likely N-dealkylation sites (tertiary alicyclic amines) is 1. The van der Waals surface area contributed by atoms with Crippen molar-refractivity contribution in [3.05, 3.63) is 48.0 Å². The molecule has 142 valence electrons. The molecule has 1 saturated heterocycles. The first kappa shape index (κ1) is 18.6. The van der Waals surface area contributed by atoms with Crippen molar-refractivity contribution >= 4 is 17.8 Å². The summed E-state index contributed by atoms with van der Waals surface area (Å²) in [5, 5.41) is 0. The molecule has 1 fully saturated rings. The molecule has 27 heavy (non-hydrogen) atoms. The number of benzene rings is 1. The largest absolute Gasteiger partial charge is 0.450 e. The summed E-state index contributed by atoms with van der Waals surface area (Å²) in [5.74, 6) is -1.92. The Labute approximate surface area is 154 Å². The number of hydrogen-bond donors (Lipinski definition) is 1. The van der Waals surface area contributed by atoms with Gasteiger partial charge >= 0.3 is 5.97 Å². The predicted octanol–water partition coefficient (Wildman–Crippen LogP) is 2.11. The van der Waals surface area contributed by atoms with Gasteiger partial charge in [-0.3, -0.25) is 9.59 Å². The Hall–Kier alpha value is -3.16. The Kier molecular flexibility index (Phi) is 5.54. The van der Waals surface area contributed by atoms with Gasteiger partial charge in [0.2, 0.25) is 11.7 Å². The summed E-state index contributed by atoms with van der Waals surface area (Å²) in [4.78, 5) is 37.2. The van der Waals surface area contributed by atoms with E-state index < -0.39 is 30.4 Å². The molecule has 0 radical (unpaired) electrons. The van der Waals surface area contributed by atoms with E-state index >= 15 is 0 Å². The zero-order chi connectivity index (χ0) is 19.4. The smallest absolute Gasteiger partial charge is 0.374 e. The molecule has 8 heteroatoms. The van der Waals surface area contributed by atoms with E-state index in [4.69, 9.17) is 14.9 Å². The molecule has 0 bridgehead atoms. The lowest BCUT2D eigenvalue weighted by Gasteiger charge is -2.33. The van der Waals surface area contributed by atoms with Crippen LogP contribution in [-0.4, -0.2) is 41.9 Å². The van der Waals surface area contributed by atoms with Gasteiger partial charge in [0.15, 0.2) is 6.61 Å². The summed E-state index contributed by atoms with van der Waals surface area (Å²) in [5.41, 5.74) is 5.93. The SMILES string of the molecule is NC(=O)[C@H]1CCCCN1C(=O)COC(=O)c1ccc(-c2ccc(F)cc2)o1. The molecule has 3 rings (SSSR count). The molecule has 1 aromatic heterocycles. The topological polar surface area (TPSA) is 103 Å². The van der Waals surface area contributed by atoms with E-state index in [-0.39, 0.29) is 11.6 Å². The second-order valence-corrected chi connectivity index (χ2v) is 6.25. The van der Waals surface area contributed by atoms with Crippen molar-refractivity contribution in [2.75, 3.05) is 13.2 Å². The average molecular weight is 374 g/mol. The second-order valence-electron chi connectivity index (χ2n) is 6.25.